The van der Waals surface area contributed by atoms with E-state index < -0.39 is 0 Å². The molecule has 0 radical (unpaired) electrons. The molecule has 29 heavy (non-hydrogen) atoms. The standard InChI is InChI=1S/C22H38N6O/c1-5-26(6-2)18-11-12-20(27(7-3)8-4)25-22(18)28-15-14-23-16-19(28)21(29)17-10-9-13-24-17/h11-12,17,19,23-24H,5-10,13-16H2,1-4H3. The summed E-state index contributed by atoms with van der Waals surface area (Å²) in [6, 6.07) is 4.13. The van der Waals surface area contributed by atoms with Gasteiger partial charge in [0.25, 0.3) is 0 Å². The molecular formula is C22H38N6O. The van der Waals surface area contributed by atoms with Gasteiger partial charge in [-0.15, -0.1) is 0 Å². The molecule has 0 amide bonds. The SMILES string of the molecule is CCN(CC)c1ccc(N(CC)CC)c(N2CCNCC2C(=O)C2CCCN2)n1. The maximum Gasteiger partial charge on any atom is 0.173 e. The molecule has 1 aromatic rings. The summed E-state index contributed by atoms with van der Waals surface area (Å²) in [6.07, 6.45) is 2.02. The van der Waals surface area contributed by atoms with E-state index in [1.165, 1.54) is 0 Å². The molecule has 7 nitrogen and oxygen atoms in total. The summed E-state index contributed by atoms with van der Waals surface area (Å²) in [5, 5.41) is 6.82. The smallest absolute Gasteiger partial charge is 0.173 e. The Morgan fingerprint density at radius 3 is 2.45 bits per heavy atom. The molecule has 2 fully saturated rings. The number of anilines is 3. The zero-order valence-electron chi connectivity index (χ0n) is 18.6. The van der Waals surface area contributed by atoms with E-state index in [-0.39, 0.29) is 12.1 Å². The highest BCUT2D eigenvalue weighted by Crippen LogP contribution is 2.32. The van der Waals surface area contributed by atoms with Gasteiger partial charge in [-0.1, -0.05) is 0 Å². The van der Waals surface area contributed by atoms with E-state index in [1.54, 1.807) is 0 Å². The molecule has 0 saturated carbocycles. The summed E-state index contributed by atoms with van der Waals surface area (Å²) in [4.78, 5) is 25.3. The average molecular weight is 403 g/mol. The minimum Gasteiger partial charge on any atom is -0.369 e. The normalized spacial score (nSPS) is 22.0. The summed E-state index contributed by atoms with van der Waals surface area (Å²) >= 11 is 0. The topological polar surface area (TPSA) is 63.7 Å². The third-order valence-corrected chi connectivity index (χ3v) is 6.28. The van der Waals surface area contributed by atoms with E-state index in [1.807, 2.05) is 0 Å². The van der Waals surface area contributed by atoms with E-state index in [2.05, 4.69) is 65.2 Å². The zero-order valence-corrected chi connectivity index (χ0v) is 18.6. The third-order valence-electron chi connectivity index (χ3n) is 6.28. The maximum absolute atomic E-state index is 13.3. The first-order valence-electron chi connectivity index (χ1n) is 11.4. The molecule has 2 unspecified atom stereocenters. The molecule has 2 aliphatic heterocycles. The molecule has 1 aromatic heterocycles. The summed E-state index contributed by atoms with van der Waals surface area (Å²) in [5.74, 6) is 2.25. The van der Waals surface area contributed by atoms with Crippen LogP contribution in [0.3, 0.4) is 0 Å². The number of nitrogens with zero attached hydrogens (tertiary/aromatic N) is 4. The fourth-order valence-corrected chi connectivity index (χ4v) is 4.55. The number of hydrogen-bond donors (Lipinski definition) is 2. The van der Waals surface area contributed by atoms with Gasteiger partial charge in [0.2, 0.25) is 0 Å². The highest BCUT2D eigenvalue weighted by molar-refractivity contribution is 5.93. The average Bonchev–Trinajstić information content (AvgIpc) is 3.30. The summed E-state index contributed by atoms with van der Waals surface area (Å²) in [5.41, 5.74) is 1.13. The first-order valence-corrected chi connectivity index (χ1v) is 11.4. The summed E-state index contributed by atoms with van der Waals surface area (Å²) in [6.45, 7) is 15.6. The van der Waals surface area contributed by atoms with Gasteiger partial charge in [-0.25, -0.2) is 4.98 Å². The number of piperazine rings is 1. The number of nitrogens with one attached hydrogen (secondary N) is 2. The Bertz CT molecular complexity index is 667. The first kappa shape index (κ1) is 21.8. The van der Waals surface area contributed by atoms with Crippen LogP contribution in [0.2, 0.25) is 0 Å². The predicted molar refractivity (Wildman–Crippen MR) is 121 cm³/mol. The second-order valence-electron chi connectivity index (χ2n) is 7.82. The van der Waals surface area contributed by atoms with Crippen LogP contribution >= 0.6 is 0 Å². The van der Waals surface area contributed by atoms with Crippen molar-refractivity contribution in [1.29, 1.82) is 0 Å². The predicted octanol–water partition coefficient (Wildman–Crippen LogP) is 1.87. The van der Waals surface area contributed by atoms with Gasteiger partial charge >= 0.3 is 0 Å². The van der Waals surface area contributed by atoms with E-state index in [0.717, 1.165) is 76.0 Å². The van der Waals surface area contributed by atoms with Gasteiger partial charge in [0.1, 0.15) is 11.9 Å². The van der Waals surface area contributed by atoms with E-state index in [4.69, 9.17) is 4.98 Å². The van der Waals surface area contributed by atoms with Crippen molar-refractivity contribution in [2.75, 3.05) is 67.1 Å². The molecule has 162 valence electrons. The Labute approximate surface area is 175 Å². The molecular weight excluding hydrogens is 364 g/mol. The third kappa shape index (κ3) is 4.67. The van der Waals surface area contributed by atoms with Crippen molar-refractivity contribution in [3.8, 4) is 0 Å². The molecule has 0 aromatic carbocycles. The molecule has 0 aliphatic carbocycles. The lowest BCUT2D eigenvalue weighted by atomic mass is 10.00. The van der Waals surface area contributed by atoms with Crippen LogP contribution in [-0.2, 0) is 4.79 Å². The van der Waals surface area contributed by atoms with E-state index in [0.29, 0.717) is 12.3 Å². The summed E-state index contributed by atoms with van der Waals surface area (Å²) < 4.78 is 0. The number of aromatic nitrogens is 1. The van der Waals surface area contributed by atoms with Crippen LogP contribution in [0.15, 0.2) is 12.1 Å². The lowest BCUT2D eigenvalue weighted by Gasteiger charge is -2.40. The second kappa shape index (κ2) is 10.3. The van der Waals surface area contributed by atoms with Gasteiger partial charge in [-0.2, -0.15) is 0 Å². The van der Waals surface area contributed by atoms with Crippen molar-refractivity contribution < 1.29 is 4.79 Å². The van der Waals surface area contributed by atoms with Crippen LogP contribution in [0.4, 0.5) is 17.3 Å². The number of rotatable bonds is 9. The Morgan fingerprint density at radius 1 is 1.10 bits per heavy atom. The number of carbonyl (C=O) groups is 1. The monoisotopic (exact) mass is 402 g/mol. The van der Waals surface area contributed by atoms with Crippen molar-refractivity contribution in [3.63, 3.8) is 0 Å². The fraction of sp³-hybridized carbons (Fsp3) is 0.727. The molecule has 3 rings (SSSR count). The quantitative estimate of drug-likeness (QED) is 0.654. The number of hydrogen-bond acceptors (Lipinski definition) is 7. The van der Waals surface area contributed by atoms with Gasteiger partial charge in [0.15, 0.2) is 11.6 Å². The van der Waals surface area contributed by atoms with Gasteiger partial charge in [-0.3, -0.25) is 4.79 Å². The van der Waals surface area contributed by atoms with Gasteiger partial charge in [-0.05, 0) is 59.2 Å². The first-order chi connectivity index (χ1) is 14.1. The Morgan fingerprint density at radius 2 is 1.83 bits per heavy atom. The van der Waals surface area contributed by atoms with Crippen LogP contribution in [0.25, 0.3) is 0 Å². The van der Waals surface area contributed by atoms with E-state index >= 15 is 0 Å². The lowest BCUT2D eigenvalue weighted by molar-refractivity contribution is -0.122. The van der Waals surface area contributed by atoms with Crippen molar-refractivity contribution >= 4 is 23.1 Å². The molecule has 0 spiro atoms. The van der Waals surface area contributed by atoms with Crippen LogP contribution in [0.5, 0.6) is 0 Å². The van der Waals surface area contributed by atoms with Crippen molar-refractivity contribution in [1.82, 2.24) is 15.6 Å². The van der Waals surface area contributed by atoms with Crippen molar-refractivity contribution in [2.45, 2.75) is 52.6 Å². The lowest BCUT2D eigenvalue weighted by Crippen LogP contribution is -2.59. The van der Waals surface area contributed by atoms with Crippen molar-refractivity contribution in [3.05, 3.63) is 12.1 Å². The largest absolute Gasteiger partial charge is 0.369 e. The fourth-order valence-electron chi connectivity index (χ4n) is 4.55. The van der Waals surface area contributed by atoms with E-state index in [9.17, 15) is 4.79 Å². The van der Waals surface area contributed by atoms with Crippen LogP contribution in [0.1, 0.15) is 40.5 Å². The van der Waals surface area contributed by atoms with Crippen LogP contribution in [-0.4, -0.2) is 75.2 Å². The minimum atomic E-state index is -0.173. The number of pyridine rings is 1. The molecule has 7 heteroatoms. The van der Waals surface area contributed by atoms with Gasteiger partial charge in [0, 0.05) is 45.8 Å². The molecule has 2 atom stereocenters. The van der Waals surface area contributed by atoms with Gasteiger partial charge in [0.05, 0.1) is 11.7 Å². The highest BCUT2D eigenvalue weighted by Gasteiger charge is 2.36. The Hall–Kier alpha value is -1.86. The maximum atomic E-state index is 13.3. The second-order valence-corrected chi connectivity index (χ2v) is 7.82. The number of Topliss-reactive ketones (excluding diaryl/α,β-unsaturated/α-hetero) is 1. The van der Waals surface area contributed by atoms with Crippen molar-refractivity contribution in [2.24, 2.45) is 0 Å². The number of carbonyl (C=O) groups excluding carboxylic acids is 1. The summed E-state index contributed by atoms with van der Waals surface area (Å²) in [7, 11) is 0. The molecule has 0 bridgehead atoms. The molecule has 2 saturated heterocycles. The molecule has 3 heterocycles. The molecule has 2 N–H and O–H groups in total. The Kier molecular flexibility index (Phi) is 7.72. The van der Waals surface area contributed by atoms with Crippen LogP contribution < -0.4 is 25.3 Å². The minimum absolute atomic E-state index is 0.0229. The highest BCUT2D eigenvalue weighted by atomic mass is 16.1. The Balaban J connectivity index is 2.01. The van der Waals surface area contributed by atoms with Crippen LogP contribution in [0, 0.1) is 0 Å². The molecule has 2 aliphatic rings. The van der Waals surface area contributed by atoms with Gasteiger partial charge < -0.3 is 25.3 Å². The number of ketones is 1. The zero-order chi connectivity index (χ0) is 20.8.